The van der Waals surface area contributed by atoms with E-state index in [2.05, 4.69) is 5.32 Å². The lowest BCUT2D eigenvalue weighted by Gasteiger charge is -2.33. The second-order valence-corrected chi connectivity index (χ2v) is 9.28. The van der Waals surface area contributed by atoms with E-state index in [-0.39, 0.29) is 35.3 Å². The Morgan fingerprint density at radius 3 is 2.56 bits per heavy atom. The van der Waals surface area contributed by atoms with Crippen LogP contribution in [0.3, 0.4) is 0 Å². The molecule has 0 radical (unpaired) electrons. The van der Waals surface area contributed by atoms with Crippen LogP contribution in [0.5, 0.6) is 0 Å². The van der Waals surface area contributed by atoms with Crippen LogP contribution in [0.2, 0.25) is 0 Å². The summed E-state index contributed by atoms with van der Waals surface area (Å²) in [4.78, 5) is 14.8. The molecule has 1 atom stereocenters. The standard InChI is InChI=1S/C19H29N3O3S.ClH/c1-15-6-3-4-13-22(15)26(24,25)18-8-5-7-16(14-18)19(23)21(2)17-9-11-20-12-10-17;/h5,7-8,14-15,17,20H,3-4,6,9-13H2,1-2H3;1H. The lowest BCUT2D eigenvalue weighted by molar-refractivity contribution is 0.0703. The molecule has 1 unspecified atom stereocenters. The van der Waals surface area contributed by atoms with Crippen molar-refractivity contribution in [3.05, 3.63) is 29.8 Å². The summed E-state index contributed by atoms with van der Waals surface area (Å²) >= 11 is 0. The van der Waals surface area contributed by atoms with E-state index in [1.807, 2.05) is 14.0 Å². The van der Waals surface area contributed by atoms with Crippen LogP contribution in [0.4, 0.5) is 0 Å². The summed E-state index contributed by atoms with van der Waals surface area (Å²) in [7, 11) is -1.75. The highest BCUT2D eigenvalue weighted by Crippen LogP contribution is 2.26. The molecule has 2 aliphatic rings. The fourth-order valence-corrected chi connectivity index (χ4v) is 5.66. The fourth-order valence-electron chi connectivity index (χ4n) is 3.92. The number of nitrogens with zero attached hydrogens (tertiary/aromatic N) is 2. The summed E-state index contributed by atoms with van der Waals surface area (Å²) in [6.07, 6.45) is 4.68. The van der Waals surface area contributed by atoms with E-state index < -0.39 is 10.0 Å². The SMILES string of the molecule is CC1CCCCN1S(=O)(=O)c1cccc(C(=O)N(C)C2CCNCC2)c1.Cl. The van der Waals surface area contributed by atoms with Crippen LogP contribution in [0, 0.1) is 0 Å². The van der Waals surface area contributed by atoms with Crippen LogP contribution in [0.25, 0.3) is 0 Å². The number of carbonyl (C=O) groups is 1. The first-order valence-corrected chi connectivity index (χ1v) is 10.9. The summed E-state index contributed by atoms with van der Waals surface area (Å²) in [5.41, 5.74) is 0.441. The molecule has 0 aliphatic carbocycles. The average molecular weight is 416 g/mol. The van der Waals surface area contributed by atoms with Crippen LogP contribution in [0.1, 0.15) is 49.4 Å². The summed E-state index contributed by atoms with van der Waals surface area (Å²) < 4.78 is 27.7. The van der Waals surface area contributed by atoms with Gasteiger partial charge in [0.25, 0.3) is 5.91 Å². The number of sulfonamides is 1. The number of carbonyl (C=O) groups excluding carboxylic acids is 1. The Hall–Kier alpha value is -1.15. The first kappa shape index (κ1) is 22.1. The van der Waals surface area contributed by atoms with E-state index in [0.29, 0.717) is 12.1 Å². The lowest BCUT2D eigenvalue weighted by atomic mass is 10.0. The third kappa shape index (κ3) is 4.83. The Morgan fingerprint density at radius 2 is 1.89 bits per heavy atom. The van der Waals surface area contributed by atoms with E-state index in [1.165, 1.54) is 6.07 Å². The number of benzene rings is 1. The summed E-state index contributed by atoms with van der Waals surface area (Å²) in [6, 6.07) is 6.72. The predicted molar refractivity (Wildman–Crippen MR) is 109 cm³/mol. The van der Waals surface area contributed by atoms with Gasteiger partial charge >= 0.3 is 0 Å². The maximum Gasteiger partial charge on any atom is 0.253 e. The number of hydrogen-bond acceptors (Lipinski definition) is 4. The summed E-state index contributed by atoms with van der Waals surface area (Å²) in [5.74, 6) is -0.111. The second kappa shape index (κ2) is 9.37. The molecule has 0 aromatic heterocycles. The highest BCUT2D eigenvalue weighted by atomic mass is 35.5. The molecule has 6 nitrogen and oxygen atoms in total. The number of rotatable bonds is 4. The van der Waals surface area contributed by atoms with Gasteiger partial charge in [-0.05, 0) is 63.9 Å². The zero-order valence-corrected chi connectivity index (χ0v) is 17.7. The fraction of sp³-hybridized carbons (Fsp3) is 0.632. The maximum absolute atomic E-state index is 13.0. The maximum atomic E-state index is 13.0. The first-order valence-electron chi connectivity index (χ1n) is 9.51. The van der Waals surface area contributed by atoms with Crippen molar-refractivity contribution >= 4 is 28.3 Å². The second-order valence-electron chi connectivity index (χ2n) is 7.39. The van der Waals surface area contributed by atoms with Crippen molar-refractivity contribution in [2.75, 3.05) is 26.7 Å². The van der Waals surface area contributed by atoms with Crippen molar-refractivity contribution in [2.24, 2.45) is 0 Å². The quantitative estimate of drug-likeness (QED) is 0.820. The molecule has 2 aliphatic heterocycles. The average Bonchev–Trinajstić information content (AvgIpc) is 2.68. The zero-order valence-electron chi connectivity index (χ0n) is 16.1. The largest absolute Gasteiger partial charge is 0.339 e. The number of nitrogens with one attached hydrogen (secondary N) is 1. The zero-order chi connectivity index (χ0) is 18.7. The predicted octanol–water partition coefficient (Wildman–Crippen LogP) is 2.50. The molecule has 0 saturated carbocycles. The Kier molecular flexibility index (Phi) is 7.68. The van der Waals surface area contributed by atoms with Crippen LogP contribution < -0.4 is 5.32 Å². The van der Waals surface area contributed by atoms with Gasteiger partial charge in [-0.25, -0.2) is 8.42 Å². The summed E-state index contributed by atoms with van der Waals surface area (Å²) in [6.45, 7) is 4.32. The van der Waals surface area contributed by atoms with E-state index in [0.717, 1.165) is 45.2 Å². The minimum absolute atomic E-state index is 0. The van der Waals surface area contributed by atoms with Crippen molar-refractivity contribution in [3.8, 4) is 0 Å². The smallest absolute Gasteiger partial charge is 0.253 e. The molecule has 2 fully saturated rings. The first-order chi connectivity index (χ1) is 12.4. The molecule has 1 aromatic carbocycles. The molecule has 8 heteroatoms. The molecule has 1 N–H and O–H groups in total. The molecule has 152 valence electrons. The Morgan fingerprint density at radius 1 is 1.19 bits per heavy atom. The number of amides is 1. The number of halogens is 1. The van der Waals surface area contributed by atoms with Gasteiger partial charge in [0, 0.05) is 31.2 Å². The van der Waals surface area contributed by atoms with E-state index in [9.17, 15) is 13.2 Å². The minimum Gasteiger partial charge on any atom is -0.339 e. The number of hydrogen-bond donors (Lipinski definition) is 1. The van der Waals surface area contributed by atoms with E-state index in [1.54, 1.807) is 27.4 Å². The Bertz CT molecular complexity index is 750. The molecule has 2 heterocycles. The van der Waals surface area contributed by atoms with Gasteiger partial charge in [0.15, 0.2) is 0 Å². The van der Waals surface area contributed by atoms with Gasteiger partial charge in [0.2, 0.25) is 10.0 Å². The van der Waals surface area contributed by atoms with Crippen LogP contribution in [0.15, 0.2) is 29.2 Å². The van der Waals surface area contributed by atoms with Gasteiger partial charge in [-0.1, -0.05) is 12.5 Å². The van der Waals surface area contributed by atoms with Gasteiger partial charge in [-0.15, -0.1) is 12.4 Å². The number of piperidine rings is 2. The normalized spacial score (nSPS) is 22.1. The van der Waals surface area contributed by atoms with Crippen LogP contribution >= 0.6 is 12.4 Å². The topological polar surface area (TPSA) is 69.7 Å². The monoisotopic (exact) mass is 415 g/mol. The third-order valence-electron chi connectivity index (χ3n) is 5.61. The lowest BCUT2D eigenvalue weighted by Crippen LogP contribution is -2.44. The third-order valence-corrected chi connectivity index (χ3v) is 7.62. The van der Waals surface area contributed by atoms with Gasteiger partial charge < -0.3 is 10.2 Å². The Labute approximate surface area is 168 Å². The van der Waals surface area contributed by atoms with Crippen molar-refractivity contribution in [1.29, 1.82) is 0 Å². The van der Waals surface area contributed by atoms with E-state index in [4.69, 9.17) is 0 Å². The molecule has 1 aromatic rings. The van der Waals surface area contributed by atoms with Crippen LogP contribution in [-0.2, 0) is 10.0 Å². The molecule has 1 amide bonds. The van der Waals surface area contributed by atoms with Crippen molar-refractivity contribution in [3.63, 3.8) is 0 Å². The molecular weight excluding hydrogens is 386 g/mol. The minimum atomic E-state index is -3.57. The molecule has 3 rings (SSSR count). The molecule has 0 spiro atoms. The van der Waals surface area contributed by atoms with Crippen molar-refractivity contribution < 1.29 is 13.2 Å². The molecule has 27 heavy (non-hydrogen) atoms. The highest BCUT2D eigenvalue weighted by Gasteiger charge is 2.31. The van der Waals surface area contributed by atoms with Crippen molar-refractivity contribution in [1.82, 2.24) is 14.5 Å². The van der Waals surface area contributed by atoms with Crippen molar-refractivity contribution in [2.45, 2.75) is 56.0 Å². The molecule has 2 saturated heterocycles. The van der Waals surface area contributed by atoms with E-state index >= 15 is 0 Å². The van der Waals surface area contributed by atoms with Gasteiger partial charge in [0.05, 0.1) is 4.90 Å². The van der Waals surface area contributed by atoms with Crippen LogP contribution in [-0.4, -0.2) is 62.3 Å². The molecule has 0 bridgehead atoms. The highest BCUT2D eigenvalue weighted by molar-refractivity contribution is 7.89. The molecular formula is C19H30ClN3O3S. The Balaban J connectivity index is 0.00000261. The van der Waals surface area contributed by atoms with Gasteiger partial charge in [0.1, 0.15) is 0 Å². The van der Waals surface area contributed by atoms with Gasteiger partial charge in [-0.3, -0.25) is 4.79 Å². The van der Waals surface area contributed by atoms with Gasteiger partial charge in [-0.2, -0.15) is 4.31 Å². The summed E-state index contributed by atoms with van der Waals surface area (Å²) in [5, 5.41) is 3.29.